The van der Waals surface area contributed by atoms with Crippen LogP contribution in [0, 0.1) is 12.3 Å². The molecule has 1 aromatic heterocycles. The molecule has 3 heterocycles. The van der Waals surface area contributed by atoms with Crippen LogP contribution in [0.2, 0.25) is 0 Å². The van der Waals surface area contributed by atoms with Crippen LogP contribution in [0.5, 0.6) is 0 Å². The lowest BCUT2D eigenvalue weighted by atomic mass is 10.0. The molecule has 1 aromatic carbocycles. The third-order valence-corrected chi connectivity index (χ3v) is 5.57. The Morgan fingerprint density at radius 3 is 2.79 bits per heavy atom. The number of amides is 1. The molecule has 146 valence electrons. The molecule has 0 spiro atoms. The van der Waals surface area contributed by atoms with Gasteiger partial charge in [0, 0.05) is 44.8 Å². The highest BCUT2D eigenvalue weighted by Crippen LogP contribution is 2.37. The molecular weight excluding hydrogens is 352 g/mol. The van der Waals surface area contributed by atoms with Crippen LogP contribution in [0.1, 0.15) is 44.3 Å². The number of fused-ring (bicyclic) bond motifs is 1. The molecular formula is C21H26N6O. The minimum atomic E-state index is -0.375. The first-order valence-corrected chi connectivity index (χ1v) is 9.99. The maximum Gasteiger partial charge on any atom is 0.220 e. The third-order valence-electron chi connectivity index (χ3n) is 5.57. The Labute approximate surface area is 165 Å². The smallest absolute Gasteiger partial charge is 0.220 e. The van der Waals surface area contributed by atoms with E-state index in [1.807, 2.05) is 24.3 Å². The fourth-order valence-corrected chi connectivity index (χ4v) is 3.81. The van der Waals surface area contributed by atoms with Gasteiger partial charge in [0.05, 0.1) is 17.6 Å². The summed E-state index contributed by atoms with van der Waals surface area (Å²) in [6.07, 6.45) is 9.73. The summed E-state index contributed by atoms with van der Waals surface area (Å²) in [5, 5.41) is 11.3. The molecule has 0 radical (unpaired) electrons. The second-order valence-corrected chi connectivity index (χ2v) is 7.71. The summed E-state index contributed by atoms with van der Waals surface area (Å²) in [4.78, 5) is 22.7. The number of carbonyl (C=O) groups excluding carboxylic acids is 1. The number of aromatic nitrogens is 2. The van der Waals surface area contributed by atoms with Gasteiger partial charge in [0.15, 0.2) is 5.66 Å². The molecule has 28 heavy (non-hydrogen) atoms. The summed E-state index contributed by atoms with van der Waals surface area (Å²) in [5.74, 6) is 3.70. The lowest BCUT2D eigenvalue weighted by Gasteiger charge is -2.31. The normalized spacial score (nSPS) is 18.8. The van der Waals surface area contributed by atoms with Crippen LogP contribution in [0.4, 0.5) is 0 Å². The highest BCUT2D eigenvalue weighted by molar-refractivity contribution is 5.76. The molecule has 0 unspecified atom stereocenters. The Morgan fingerprint density at radius 1 is 1.29 bits per heavy atom. The molecule has 4 rings (SSSR count). The van der Waals surface area contributed by atoms with E-state index in [1.54, 1.807) is 0 Å². The first-order chi connectivity index (χ1) is 13.7. The van der Waals surface area contributed by atoms with Crippen molar-refractivity contribution >= 4 is 16.9 Å². The molecule has 7 nitrogen and oxygen atoms in total. The number of imidazole rings is 1. The Hall–Kier alpha value is -2.72. The SMILES string of the molecule is C#CCCC1(CCC(=O)NC2CCN(Cc3nc4ccccc4[nH]3)CC2)N=N1. The topological polar surface area (TPSA) is 85.7 Å². The van der Waals surface area contributed by atoms with Crippen LogP contribution in [-0.2, 0) is 11.3 Å². The van der Waals surface area contributed by atoms with E-state index in [0.29, 0.717) is 19.3 Å². The van der Waals surface area contributed by atoms with Gasteiger partial charge >= 0.3 is 0 Å². The van der Waals surface area contributed by atoms with Crippen molar-refractivity contribution in [1.82, 2.24) is 20.2 Å². The maximum absolute atomic E-state index is 12.3. The number of piperidine rings is 1. The molecule has 1 fully saturated rings. The standard InChI is InChI=1S/C21H26N6O/c1-2-3-11-21(25-26-21)12-8-20(28)22-16-9-13-27(14-10-16)15-19-23-17-6-4-5-7-18(17)24-19/h1,4-7,16H,3,8-15H2,(H,22,28)(H,23,24). The van der Waals surface area contributed by atoms with E-state index in [4.69, 9.17) is 6.42 Å². The minimum Gasteiger partial charge on any atom is -0.353 e. The van der Waals surface area contributed by atoms with E-state index in [1.165, 1.54) is 0 Å². The molecule has 0 bridgehead atoms. The van der Waals surface area contributed by atoms with Gasteiger partial charge < -0.3 is 10.3 Å². The van der Waals surface area contributed by atoms with Crippen molar-refractivity contribution in [2.75, 3.05) is 13.1 Å². The van der Waals surface area contributed by atoms with E-state index < -0.39 is 0 Å². The van der Waals surface area contributed by atoms with Gasteiger partial charge in [-0.1, -0.05) is 12.1 Å². The predicted octanol–water partition coefficient (Wildman–Crippen LogP) is 3.00. The van der Waals surface area contributed by atoms with Crippen LogP contribution in [-0.4, -0.2) is 45.6 Å². The number of para-hydroxylation sites is 2. The van der Waals surface area contributed by atoms with E-state index >= 15 is 0 Å². The number of nitrogens with zero attached hydrogens (tertiary/aromatic N) is 4. The molecule has 0 atom stereocenters. The average Bonchev–Trinajstić information content (AvgIpc) is 3.36. The summed E-state index contributed by atoms with van der Waals surface area (Å²) in [7, 11) is 0. The van der Waals surface area contributed by atoms with Gasteiger partial charge in [-0.2, -0.15) is 10.2 Å². The second-order valence-electron chi connectivity index (χ2n) is 7.71. The molecule has 1 amide bonds. The number of carbonyl (C=O) groups is 1. The molecule has 1 saturated heterocycles. The fourth-order valence-electron chi connectivity index (χ4n) is 3.81. The average molecular weight is 378 g/mol. The largest absolute Gasteiger partial charge is 0.353 e. The van der Waals surface area contributed by atoms with Gasteiger partial charge in [-0.25, -0.2) is 4.98 Å². The lowest BCUT2D eigenvalue weighted by molar-refractivity contribution is -0.122. The van der Waals surface area contributed by atoms with Gasteiger partial charge in [-0.05, 0) is 25.0 Å². The monoisotopic (exact) mass is 378 g/mol. The highest BCUT2D eigenvalue weighted by atomic mass is 16.1. The Balaban J connectivity index is 1.18. The molecule has 0 saturated carbocycles. The van der Waals surface area contributed by atoms with E-state index in [2.05, 4.69) is 36.3 Å². The van der Waals surface area contributed by atoms with Crippen LogP contribution >= 0.6 is 0 Å². The molecule has 2 N–H and O–H groups in total. The summed E-state index contributed by atoms with van der Waals surface area (Å²) in [6, 6.07) is 8.33. The van der Waals surface area contributed by atoms with Gasteiger partial charge in [0.2, 0.25) is 5.91 Å². The number of aromatic amines is 1. The Morgan fingerprint density at radius 2 is 2.07 bits per heavy atom. The number of nitrogens with one attached hydrogen (secondary N) is 2. The highest BCUT2D eigenvalue weighted by Gasteiger charge is 2.39. The van der Waals surface area contributed by atoms with E-state index in [0.717, 1.165) is 55.8 Å². The van der Waals surface area contributed by atoms with Gasteiger partial charge in [0.25, 0.3) is 0 Å². The van der Waals surface area contributed by atoms with Gasteiger partial charge in [-0.3, -0.25) is 9.69 Å². The van der Waals surface area contributed by atoms with Crippen molar-refractivity contribution in [3.8, 4) is 12.3 Å². The molecule has 2 aromatic rings. The van der Waals surface area contributed by atoms with Gasteiger partial charge in [0.1, 0.15) is 5.82 Å². The van der Waals surface area contributed by atoms with Crippen molar-refractivity contribution in [1.29, 1.82) is 0 Å². The summed E-state index contributed by atoms with van der Waals surface area (Å²) >= 11 is 0. The summed E-state index contributed by atoms with van der Waals surface area (Å²) in [6.45, 7) is 2.73. The van der Waals surface area contributed by atoms with Crippen molar-refractivity contribution in [2.45, 2.75) is 56.8 Å². The van der Waals surface area contributed by atoms with Crippen molar-refractivity contribution < 1.29 is 4.79 Å². The molecule has 2 aliphatic rings. The number of benzene rings is 1. The number of hydrogen-bond acceptors (Lipinski definition) is 5. The summed E-state index contributed by atoms with van der Waals surface area (Å²) < 4.78 is 0. The minimum absolute atomic E-state index is 0.0908. The number of hydrogen-bond donors (Lipinski definition) is 2. The number of likely N-dealkylation sites (tertiary alicyclic amines) is 1. The van der Waals surface area contributed by atoms with Crippen LogP contribution in [0.15, 0.2) is 34.5 Å². The first-order valence-electron chi connectivity index (χ1n) is 9.99. The first kappa shape index (κ1) is 18.6. The Bertz CT molecular complexity index is 864. The number of rotatable bonds is 8. The number of H-pyrrole nitrogens is 1. The summed E-state index contributed by atoms with van der Waals surface area (Å²) in [5.41, 5.74) is 1.71. The van der Waals surface area contributed by atoms with Crippen molar-refractivity contribution in [2.24, 2.45) is 10.2 Å². The van der Waals surface area contributed by atoms with E-state index in [9.17, 15) is 4.79 Å². The van der Waals surface area contributed by atoms with E-state index in [-0.39, 0.29) is 17.6 Å². The molecule has 2 aliphatic heterocycles. The fraction of sp³-hybridized carbons (Fsp3) is 0.524. The van der Waals surface area contributed by atoms with Crippen LogP contribution < -0.4 is 5.32 Å². The second kappa shape index (κ2) is 8.11. The van der Waals surface area contributed by atoms with Crippen LogP contribution in [0.3, 0.4) is 0 Å². The zero-order chi connectivity index (χ0) is 19.4. The maximum atomic E-state index is 12.3. The molecule has 7 heteroatoms. The van der Waals surface area contributed by atoms with Gasteiger partial charge in [-0.15, -0.1) is 12.3 Å². The van der Waals surface area contributed by atoms with Crippen LogP contribution in [0.25, 0.3) is 11.0 Å². The van der Waals surface area contributed by atoms with Crippen molar-refractivity contribution in [3.63, 3.8) is 0 Å². The van der Waals surface area contributed by atoms with Crippen molar-refractivity contribution in [3.05, 3.63) is 30.1 Å². The lowest BCUT2D eigenvalue weighted by Crippen LogP contribution is -2.44. The zero-order valence-corrected chi connectivity index (χ0v) is 16.0. The molecule has 0 aliphatic carbocycles. The predicted molar refractivity (Wildman–Crippen MR) is 107 cm³/mol. The number of terminal acetylenes is 1. The third kappa shape index (κ3) is 4.57. The quantitative estimate of drug-likeness (QED) is 0.693. The zero-order valence-electron chi connectivity index (χ0n) is 16.0. The Kier molecular flexibility index (Phi) is 5.40.